The molecule has 8 heteroatoms. The summed E-state index contributed by atoms with van der Waals surface area (Å²) in [4.78, 5) is 33.5. The second-order valence-electron chi connectivity index (χ2n) is 11.5. The van der Waals surface area contributed by atoms with Crippen LogP contribution >= 0.6 is 0 Å². The fourth-order valence-corrected chi connectivity index (χ4v) is 6.85. The van der Waals surface area contributed by atoms with E-state index in [1.807, 2.05) is 18.2 Å². The lowest BCUT2D eigenvalue weighted by Gasteiger charge is -2.31. The van der Waals surface area contributed by atoms with Crippen LogP contribution in [-0.4, -0.2) is 38.2 Å². The lowest BCUT2D eigenvalue weighted by Crippen LogP contribution is -2.41. The molecule has 4 heterocycles. The van der Waals surface area contributed by atoms with Gasteiger partial charge in [0.1, 0.15) is 11.4 Å². The highest BCUT2D eigenvalue weighted by atomic mass is 16.3. The van der Waals surface area contributed by atoms with E-state index in [1.54, 1.807) is 22.7 Å². The first-order chi connectivity index (χ1) is 20.0. The maximum Gasteiger partial charge on any atom is 0.274 e. The molecule has 0 atom stereocenters. The van der Waals surface area contributed by atoms with E-state index in [-0.39, 0.29) is 18.1 Å². The van der Waals surface area contributed by atoms with Crippen molar-refractivity contribution in [1.82, 2.24) is 19.4 Å². The molecule has 0 spiro atoms. The van der Waals surface area contributed by atoms with Crippen LogP contribution in [0.2, 0.25) is 0 Å². The number of benzene rings is 2. The van der Waals surface area contributed by atoms with Gasteiger partial charge in [-0.2, -0.15) is 0 Å². The van der Waals surface area contributed by atoms with E-state index in [0.29, 0.717) is 35.6 Å². The smallest absolute Gasteiger partial charge is 0.274 e. The minimum Gasteiger partial charge on any atom is -0.392 e. The highest BCUT2D eigenvalue weighted by Gasteiger charge is 2.31. The van der Waals surface area contributed by atoms with Crippen LogP contribution in [0.4, 0.5) is 5.69 Å². The Morgan fingerprint density at radius 2 is 1.85 bits per heavy atom. The molecular formula is C33H35N5O3. The zero-order valence-corrected chi connectivity index (χ0v) is 23.4. The van der Waals surface area contributed by atoms with Gasteiger partial charge in [0.25, 0.3) is 11.5 Å². The van der Waals surface area contributed by atoms with Crippen LogP contribution in [0.5, 0.6) is 0 Å². The predicted molar refractivity (Wildman–Crippen MR) is 158 cm³/mol. The number of fused-ring (bicyclic) bond motifs is 4. The third kappa shape index (κ3) is 4.51. The van der Waals surface area contributed by atoms with Gasteiger partial charge < -0.3 is 24.5 Å². The number of amides is 1. The van der Waals surface area contributed by atoms with Gasteiger partial charge in [-0.05, 0) is 73.0 Å². The van der Waals surface area contributed by atoms with E-state index < -0.39 is 0 Å². The van der Waals surface area contributed by atoms with Crippen LogP contribution in [0.25, 0.3) is 11.3 Å². The van der Waals surface area contributed by atoms with Crippen molar-refractivity contribution in [2.45, 2.75) is 58.2 Å². The average molecular weight is 550 g/mol. The van der Waals surface area contributed by atoms with Crippen molar-refractivity contribution in [2.75, 3.05) is 18.0 Å². The number of anilines is 1. The number of carbonyl (C=O) groups excluding carboxylic acids is 1. The number of nitrogens with zero attached hydrogens (tertiary/aromatic N) is 4. The van der Waals surface area contributed by atoms with Crippen molar-refractivity contribution in [3.63, 3.8) is 0 Å². The van der Waals surface area contributed by atoms with Crippen molar-refractivity contribution in [1.29, 1.82) is 0 Å². The van der Waals surface area contributed by atoms with Gasteiger partial charge in [-0.25, -0.2) is 4.98 Å². The molecule has 2 aliphatic heterocycles. The van der Waals surface area contributed by atoms with E-state index in [4.69, 9.17) is 4.98 Å². The van der Waals surface area contributed by atoms with E-state index >= 15 is 0 Å². The third-order valence-electron chi connectivity index (χ3n) is 8.96. The van der Waals surface area contributed by atoms with Gasteiger partial charge in [-0.3, -0.25) is 9.59 Å². The second kappa shape index (κ2) is 10.4. The van der Waals surface area contributed by atoms with Gasteiger partial charge in [0.15, 0.2) is 0 Å². The summed E-state index contributed by atoms with van der Waals surface area (Å²) in [6, 6.07) is 14.2. The largest absolute Gasteiger partial charge is 0.392 e. The molecule has 210 valence electrons. The summed E-state index contributed by atoms with van der Waals surface area (Å²) in [7, 11) is 1.74. The predicted octanol–water partition coefficient (Wildman–Crippen LogP) is 3.52. The van der Waals surface area contributed by atoms with Crippen LogP contribution in [-0.2, 0) is 52.4 Å². The summed E-state index contributed by atoms with van der Waals surface area (Å²) in [6.07, 6.45) is 7.53. The van der Waals surface area contributed by atoms with Gasteiger partial charge in [0, 0.05) is 56.1 Å². The lowest BCUT2D eigenvalue weighted by atomic mass is 9.96. The SMILES string of the molecule is Cn1cc(-c2cccc(N3CCn4c(cc5c4CCCC5)C3=O)c2CO)nc(Cc2ccc3c(c2)CCNC3)c1=O. The first-order valence-electron chi connectivity index (χ1n) is 14.7. The molecule has 1 aliphatic carbocycles. The highest BCUT2D eigenvalue weighted by molar-refractivity contribution is 6.07. The minimum absolute atomic E-state index is 0.0331. The normalized spacial score (nSPS) is 16.3. The molecule has 0 unspecified atom stereocenters. The maximum absolute atomic E-state index is 13.8. The molecule has 8 nitrogen and oxygen atoms in total. The minimum atomic E-state index is -0.245. The Hall–Kier alpha value is -4.01. The number of hydrogen-bond donors (Lipinski definition) is 2. The fraction of sp³-hybridized carbons (Fsp3) is 0.364. The highest BCUT2D eigenvalue weighted by Crippen LogP contribution is 2.35. The Morgan fingerprint density at radius 1 is 0.976 bits per heavy atom. The number of hydrogen-bond acceptors (Lipinski definition) is 5. The van der Waals surface area contributed by atoms with Gasteiger partial charge in [0.05, 0.1) is 18.0 Å². The maximum atomic E-state index is 13.8. The zero-order chi connectivity index (χ0) is 28.1. The van der Waals surface area contributed by atoms with Crippen LogP contribution in [0.1, 0.15) is 62.5 Å². The van der Waals surface area contributed by atoms with E-state index in [0.717, 1.165) is 55.7 Å². The molecule has 0 saturated carbocycles. The molecule has 0 radical (unpaired) electrons. The van der Waals surface area contributed by atoms with Crippen molar-refractivity contribution < 1.29 is 9.90 Å². The third-order valence-corrected chi connectivity index (χ3v) is 8.96. The Labute approximate surface area is 239 Å². The van der Waals surface area contributed by atoms with Crippen LogP contribution in [0.15, 0.2) is 53.5 Å². The Balaban J connectivity index is 1.24. The number of nitrogens with one attached hydrogen (secondary N) is 1. The topological polar surface area (TPSA) is 92.4 Å². The first kappa shape index (κ1) is 25.9. The van der Waals surface area contributed by atoms with E-state index in [1.165, 1.54) is 35.2 Å². The Kier molecular flexibility index (Phi) is 6.60. The molecule has 7 rings (SSSR count). The van der Waals surface area contributed by atoms with Crippen LogP contribution in [0, 0.1) is 0 Å². The van der Waals surface area contributed by atoms with Crippen LogP contribution < -0.4 is 15.8 Å². The number of aliphatic hydroxyl groups excluding tert-OH is 1. The van der Waals surface area contributed by atoms with Crippen molar-refractivity contribution in [3.05, 3.63) is 104 Å². The molecule has 0 saturated heterocycles. The quantitative estimate of drug-likeness (QED) is 0.398. The second-order valence-corrected chi connectivity index (χ2v) is 11.5. The average Bonchev–Trinajstić information content (AvgIpc) is 3.39. The van der Waals surface area contributed by atoms with Gasteiger partial charge in [-0.1, -0.05) is 30.3 Å². The molecule has 2 aromatic heterocycles. The number of aliphatic hydroxyl groups is 1. The van der Waals surface area contributed by atoms with E-state index in [2.05, 4.69) is 34.1 Å². The number of aryl methyl sites for hydroxylation is 2. The zero-order valence-electron chi connectivity index (χ0n) is 23.4. The number of carbonyl (C=O) groups is 1. The lowest BCUT2D eigenvalue weighted by molar-refractivity contribution is 0.0964. The summed E-state index contributed by atoms with van der Waals surface area (Å²) < 4.78 is 3.77. The van der Waals surface area contributed by atoms with Gasteiger partial charge >= 0.3 is 0 Å². The summed E-state index contributed by atoms with van der Waals surface area (Å²) in [6.45, 7) is 2.87. The van der Waals surface area contributed by atoms with E-state index in [9.17, 15) is 14.7 Å². The molecule has 0 bridgehead atoms. The molecule has 4 aromatic rings. The fourth-order valence-electron chi connectivity index (χ4n) is 6.85. The standard InChI is InChI=1S/C33H35N5O3/c1-36-19-28(35-27(32(36)40)16-21-9-10-24-18-34-12-11-22(24)15-21)25-6-4-8-30(26(25)20-39)38-14-13-37-29-7-3-2-5-23(29)17-31(37)33(38)41/h4,6,8-10,15,17,19,34,39H,2-3,5,7,11-14,16,18,20H2,1H3. The molecule has 0 fully saturated rings. The Bertz CT molecular complexity index is 1730. The monoisotopic (exact) mass is 549 g/mol. The summed E-state index contributed by atoms with van der Waals surface area (Å²) in [5, 5.41) is 14.0. The number of aromatic nitrogens is 3. The Morgan fingerprint density at radius 3 is 2.73 bits per heavy atom. The molecular weight excluding hydrogens is 514 g/mol. The van der Waals surface area contributed by atoms with Crippen molar-refractivity contribution >= 4 is 11.6 Å². The molecule has 3 aliphatic rings. The molecule has 2 N–H and O–H groups in total. The van der Waals surface area contributed by atoms with Crippen molar-refractivity contribution in [3.8, 4) is 11.3 Å². The summed E-state index contributed by atoms with van der Waals surface area (Å²) >= 11 is 0. The van der Waals surface area contributed by atoms with Gasteiger partial charge in [0.2, 0.25) is 0 Å². The summed E-state index contributed by atoms with van der Waals surface area (Å²) in [5.74, 6) is -0.0331. The molecule has 2 aromatic carbocycles. The molecule has 1 amide bonds. The van der Waals surface area contributed by atoms with Gasteiger partial charge in [-0.15, -0.1) is 0 Å². The van der Waals surface area contributed by atoms with Crippen LogP contribution in [0.3, 0.4) is 0 Å². The summed E-state index contributed by atoms with van der Waals surface area (Å²) in [5.41, 5.74) is 10.0. The molecule has 41 heavy (non-hydrogen) atoms. The first-order valence-corrected chi connectivity index (χ1v) is 14.7. The number of rotatable bonds is 5. The van der Waals surface area contributed by atoms with Crippen molar-refractivity contribution in [2.24, 2.45) is 7.05 Å².